The Morgan fingerprint density at radius 3 is 2.48 bits per heavy atom. The predicted molar refractivity (Wildman–Crippen MR) is 82.7 cm³/mol. The van der Waals surface area contributed by atoms with Crippen molar-refractivity contribution < 1.29 is 13.2 Å². The molecule has 0 radical (unpaired) electrons. The summed E-state index contributed by atoms with van der Waals surface area (Å²) in [6, 6.07) is 14.2. The minimum absolute atomic E-state index is 0.129. The van der Waals surface area contributed by atoms with Crippen LogP contribution in [0.2, 0.25) is 0 Å². The molecule has 0 spiro atoms. The molecule has 0 unspecified atom stereocenters. The van der Waals surface area contributed by atoms with Crippen LogP contribution < -0.4 is 15.2 Å². The average Bonchev–Trinajstić information content (AvgIpc) is 2.44. The number of rotatable bonds is 6. The molecular formula is C15H18N2O3S. The Hall–Kier alpha value is -2.05. The van der Waals surface area contributed by atoms with Crippen molar-refractivity contribution in [3.8, 4) is 5.75 Å². The smallest absolute Gasteiger partial charge is 0.242 e. The van der Waals surface area contributed by atoms with Gasteiger partial charge >= 0.3 is 0 Å². The summed E-state index contributed by atoms with van der Waals surface area (Å²) in [7, 11) is -3.63. The van der Waals surface area contributed by atoms with E-state index in [0.717, 1.165) is 0 Å². The van der Waals surface area contributed by atoms with Gasteiger partial charge in [-0.15, -0.1) is 0 Å². The van der Waals surface area contributed by atoms with E-state index >= 15 is 0 Å². The minimum Gasteiger partial charge on any atom is -0.492 e. The largest absolute Gasteiger partial charge is 0.492 e. The first kappa shape index (κ1) is 15.3. The van der Waals surface area contributed by atoms with Gasteiger partial charge in [0.25, 0.3) is 0 Å². The lowest BCUT2D eigenvalue weighted by Gasteiger charge is -2.12. The van der Waals surface area contributed by atoms with Gasteiger partial charge in [0.05, 0.1) is 5.69 Å². The zero-order chi connectivity index (χ0) is 15.3. The highest BCUT2D eigenvalue weighted by Crippen LogP contribution is 2.21. The summed E-state index contributed by atoms with van der Waals surface area (Å²) in [5, 5.41) is 0. The molecule has 0 aromatic heterocycles. The lowest BCUT2D eigenvalue weighted by Crippen LogP contribution is -2.29. The SMILES string of the molecule is Cc1cccc(N)c1S(=O)(=O)NCCOc1ccccc1. The first-order valence-electron chi connectivity index (χ1n) is 6.53. The van der Waals surface area contributed by atoms with Crippen LogP contribution in [-0.2, 0) is 10.0 Å². The fraction of sp³-hybridized carbons (Fsp3) is 0.200. The molecule has 0 amide bonds. The molecule has 2 rings (SSSR count). The number of hydrogen-bond acceptors (Lipinski definition) is 4. The van der Waals surface area contributed by atoms with E-state index in [9.17, 15) is 8.42 Å². The van der Waals surface area contributed by atoms with Gasteiger partial charge in [-0.2, -0.15) is 0 Å². The van der Waals surface area contributed by atoms with Crippen LogP contribution in [-0.4, -0.2) is 21.6 Å². The van der Waals surface area contributed by atoms with E-state index in [1.807, 2.05) is 30.3 Å². The van der Waals surface area contributed by atoms with Gasteiger partial charge < -0.3 is 10.5 Å². The molecule has 0 heterocycles. The number of para-hydroxylation sites is 1. The van der Waals surface area contributed by atoms with Crippen LogP contribution in [0.5, 0.6) is 5.75 Å². The van der Waals surface area contributed by atoms with Crippen molar-refractivity contribution in [2.24, 2.45) is 0 Å². The molecule has 3 N–H and O–H groups in total. The van der Waals surface area contributed by atoms with Crippen molar-refractivity contribution >= 4 is 15.7 Å². The topological polar surface area (TPSA) is 81.4 Å². The maximum absolute atomic E-state index is 12.2. The molecule has 5 nitrogen and oxygen atoms in total. The molecular weight excluding hydrogens is 288 g/mol. The van der Waals surface area contributed by atoms with Gasteiger partial charge in [0.15, 0.2) is 0 Å². The van der Waals surface area contributed by atoms with Gasteiger partial charge in [0, 0.05) is 6.54 Å². The summed E-state index contributed by atoms with van der Waals surface area (Å²) in [6.45, 7) is 2.13. The Balaban J connectivity index is 1.96. The Morgan fingerprint density at radius 1 is 1.10 bits per heavy atom. The third kappa shape index (κ3) is 3.96. The van der Waals surface area contributed by atoms with E-state index in [1.165, 1.54) is 0 Å². The number of nitrogens with one attached hydrogen (secondary N) is 1. The van der Waals surface area contributed by atoms with E-state index in [2.05, 4.69) is 4.72 Å². The lowest BCUT2D eigenvalue weighted by atomic mass is 10.2. The van der Waals surface area contributed by atoms with Crippen molar-refractivity contribution in [3.05, 3.63) is 54.1 Å². The van der Waals surface area contributed by atoms with Gasteiger partial charge in [-0.25, -0.2) is 13.1 Å². The number of anilines is 1. The van der Waals surface area contributed by atoms with Crippen molar-refractivity contribution in [3.63, 3.8) is 0 Å². The summed E-state index contributed by atoms with van der Waals surface area (Å²) in [6.07, 6.45) is 0. The Bertz CT molecular complexity index is 680. The van der Waals surface area contributed by atoms with Gasteiger partial charge in [0.2, 0.25) is 10.0 Å². The van der Waals surface area contributed by atoms with Gasteiger partial charge in [0.1, 0.15) is 17.3 Å². The van der Waals surface area contributed by atoms with Crippen LogP contribution in [0.3, 0.4) is 0 Å². The number of aryl methyl sites for hydroxylation is 1. The molecule has 2 aromatic carbocycles. The fourth-order valence-corrected chi connectivity index (χ4v) is 3.34. The van der Waals surface area contributed by atoms with Crippen LogP contribution in [0, 0.1) is 6.92 Å². The first-order valence-corrected chi connectivity index (χ1v) is 8.01. The van der Waals surface area contributed by atoms with Crippen molar-refractivity contribution in [1.29, 1.82) is 0 Å². The standard InChI is InChI=1S/C15H18N2O3S/c1-12-6-5-9-14(16)15(12)21(18,19)17-10-11-20-13-7-3-2-4-8-13/h2-9,17H,10-11,16H2,1H3. The van der Waals surface area contributed by atoms with Gasteiger partial charge in [-0.1, -0.05) is 30.3 Å². The van der Waals surface area contributed by atoms with Crippen LogP contribution >= 0.6 is 0 Å². The molecule has 0 atom stereocenters. The second kappa shape index (κ2) is 6.60. The van der Waals surface area contributed by atoms with Crippen LogP contribution in [0.15, 0.2) is 53.4 Å². The quantitative estimate of drug-likeness (QED) is 0.631. The molecule has 0 fully saturated rings. The van der Waals surface area contributed by atoms with Crippen molar-refractivity contribution in [1.82, 2.24) is 4.72 Å². The first-order chi connectivity index (χ1) is 10.0. The Labute approximate surface area is 124 Å². The molecule has 0 saturated carbocycles. The molecule has 0 saturated heterocycles. The zero-order valence-corrected chi connectivity index (χ0v) is 12.6. The van der Waals surface area contributed by atoms with Crippen molar-refractivity contribution in [2.75, 3.05) is 18.9 Å². The molecule has 21 heavy (non-hydrogen) atoms. The Kier molecular flexibility index (Phi) is 4.82. The average molecular weight is 306 g/mol. The lowest BCUT2D eigenvalue weighted by molar-refractivity contribution is 0.323. The molecule has 0 aliphatic carbocycles. The maximum atomic E-state index is 12.2. The summed E-state index contributed by atoms with van der Waals surface area (Å²) in [5.41, 5.74) is 6.61. The third-order valence-corrected chi connectivity index (χ3v) is 4.60. The number of ether oxygens (including phenoxy) is 1. The highest BCUT2D eigenvalue weighted by molar-refractivity contribution is 7.89. The molecule has 0 aliphatic heterocycles. The minimum atomic E-state index is -3.63. The van der Waals surface area contributed by atoms with Crippen LogP contribution in [0.25, 0.3) is 0 Å². The summed E-state index contributed by atoms with van der Waals surface area (Å²) < 4.78 is 32.4. The molecule has 112 valence electrons. The number of benzene rings is 2. The summed E-state index contributed by atoms with van der Waals surface area (Å²) in [4.78, 5) is 0.129. The third-order valence-electron chi connectivity index (χ3n) is 2.92. The number of sulfonamides is 1. The molecule has 6 heteroatoms. The molecule has 2 aromatic rings. The monoisotopic (exact) mass is 306 g/mol. The maximum Gasteiger partial charge on any atom is 0.242 e. The van der Waals surface area contributed by atoms with Gasteiger partial charge in [-0.05, 0) is 30.7 Å². The second-order valence-corrected chi connectivity index (χ2v) is 6.26. The summed E-state index contributed by atoms with van der Waals surface area (Å²) >= 11 is 0. The zero-order valence-electron chi connectivity index (χ0n) is 11.7. The number of nitrogens with two attached hydrogens (primary N) is 1. The van der Waals surface area contributed by atoms with Gasteiger partial charge in [-0.3, -0.25) is 0 Å². The van der Waals surface area contributed by atoms with E-state index < -0.39 is 10.0 Å². The number of hydrogen-bond donors (Lipinski definition) is 2. The molecule has 0 aliphatic rings. The molecule has 0 bridgehead atoms. The van der Waals surface area contributed by atoms with Crippen LogP contribution in [0.1, 0.15) is 5.56 Å². The highest BCUT2D eigenvalue weighted by atomic mass is 32.2. The van der Waals surface area contributed by atoms with Crippen LogP contribution in [0.4, 0.5) is 5.69 Å². The normalized spacial score (nSPS) is 11.3. The van der Waals surface area contributed by atoms with E-state index in [-0.39, 0.29) is 23.7 Å². The predicted octanol–water partition coefficient (Wildman–Crippen LogP) is 1.93. The van der Waals surface area contributed by atoms with Crippen molar-refractivity contribution in [2.45, 2.75) is 11.8 Å². The van der Waals surface area contributed by atoms with E-state index in [1.54, 1.807) is 25.1 Å². The second-order valence-electron chi connectivity index (χ2n) is 4.55. The van der Waals surface area contributed by atoms with E-state index in [4.69, 9.17) is 10.5 Å². The summed E-state index contributed by atoms with van der Waals surface area (Å²) in [5.74, 6) is 0.701. The number of nitrogen functional groups attached to an aromatic ring is 1. The Morgan fingerprint density at radius 2 is 1.81 bits per heavy atom. The fourth-order valence-electron chi connectivity index (χ4n) is 1.98. The van der Waals surface area contributed by atoms with E-state index in [0.29, 0.717) is 11.3 Å². The highest BCUT2D eigenvalue weighted by Gasteiger charge is 2.19.